The lowest BCUT2D eigenvalue weighted by molar-refractivity contribution is 0.0600. The summed E-state index contributed by atoms with van der Waals surface area (Å²) in [5, 5.41) is 11.5. The third-order valence-electron chi connectivity index (χ3n) is 4.44. The van der Waals surface area contributed by atoms with Crippen LogP contribution >= 0.6 is 23.4 Å². The Morgan fingerprint density at radius 1 is 1.24 bits per heavy atom. The number of carbonyl (C=O) groups excluding carboxylic acids is 1. The molecule has 0 amide bonds. The van der Waals surface area contributed by atoms with E-state index in [1.165, 1.54) is 7.11 Å². The molecule has 0 spiro atoms. The van der Waals surface area contributed by atoms with E-state index in [9.17, 15) is 9.90 Å². The highest BCUT2D eigenvalue weighted by Crippen LogP contribution is 2.36. The normalized spacial score (nSPS) is 11.1. The largest absolute Gasteiger partial charge is 0.465 e. The number of hydrogen-bond donors (Lipinski definition) is 1. The van der Waals surface area contributed by atoms with Crippen LogP contribution < -0.4 is 0 Å². The van der Waals surface area contributed by atoms with Crippen molar-refractivity contribution in [2.75, 3.05) is 7.11 Å². The van der Waals surface area contributed by atoms with E-state index in [1.54, 1.807) is 23.9 Å². The molecule has 0 saturated carbocycles. The predicted octanol–water partition coefficient (Wildman–Crippen LogP) is 5.14. The Bertz CT molecular complexity index is 1000. The van der Waals surface area contributed by atoms with Crippen LogP contribution in [-0.2, 0) is 17.9 Å². The quantitative estimate of drug-likeness (QED) is 0.526. The van der Waals surface area contributed by atoms with Crippen LogP contribution in [0.3, 0.4) is 0 Å². The number of rotatable bonds is 7. The van der Waals surface area contributed by atoms with Crippen LogP contribution in [0.4, 0.5) is 0 Å². The number of nitrogens with zero attached hydrogens (tertiary/aromatic N) is 2. The van der Waals surface area contributed by atoms with Crippen molar-refractivity contribution in [3.8, 4) is 0 Å². The highest BCUT2D eigenvalue weighted by atomic mass is 35.5. The van der Waals surface area contributed by atoms with Crippen molar-refractivity contribution in [1.82, 2.24) is 9.55 Å². The van der Waals surface area contributed by atoms with Crippen LogP contribution in [0, 0.1) is 0 Å². The molecule has 0 unspecified atom stereocenters. The number of benzene rings is 2. The van der Waals surface area contributed by atoms with Crippen LogP contribution in [0.25, 0.3) is 0 Å². The molecule has 1 heterocycles. The van der Waals surface area contributed by atoms with Gasteiger partial charge in [0.05, 0.1) is 18.4 Å². The Kier molecular flexibility index (Phi) is 7.00. The summed E-state index contributed by atoms with van der Waals surface area (Å²) in [6.45, 7) is 4.54. The van der Waals surface area contributed by atoms with Gasteiger partial charge in [0.2, 0.25) is 0 Å². The van der Waals surface area contributed by atoms with Gasteiger partial charge in [-0.15, -0.1) is 0 Å². The molecule has 3 rings (SSSR count). The third kappa shape index (κ3) is 5.01. The highest BCUT2D eigenvalue weighted by Gasteiger charge is 2.20. The minimum atomic E-state index is -0.366. The van der Waals surface area contributed by atoms with Gasteiger partial charge >= 0.3 is 5.97 Å². The second-order valence-corrected chi connectivity index (χ2v) is 8.36. The molecule has 7 heteroatoms. The lowest BCUT2D eigenvalue weighted by Crippen LogP contribution is -2.07. The lowest BCUT2D eigenvalue weighted by Gasteiger charge is -2.13. The van der Waals surface area contributed by atoms with Crippen molar-refractivity contribution in [2.24, 2.45) is 0 Å². The molecule has 0 atom stereocenters. The van der Waals surface area contributed by atoms with Crippen molar-refractivity contribution in [3.63, 3.8) is 0 Å². The van der Waals surface area contributed by atoms with Crippen molar-refractivity contribution in [3.05, 3.63) is 76.2 Å². The second-order valence-electron chi connectivity index (χ2n) is 6.87. The van der Waals surface area contributed by atoms with Crippen LogP contribution in [-0.4, -0.2) is 27.7 Å². The zero-order chi connectivity index (χ0) is 21.0. The molecule has 0 aliphatic carbocycles. The molecule has 152 valence electrons. The fourth-order valence-electron chi connectivity index (χ4n) is 2.96. The SMILES string of the molecule is COC(=O)c1ccc(Cn2c(CO)nc(C(C)C)c2Sc2cccc(Cl)c2)cc1. The molecule has 0 aliphatic heterocycles. The first kappa shape index (κ1) is 21.4. The van der Waals surface area contributed by atoms with Crippen molar-refractivity contribution in [1.29, 1.82) is 0 Å². The average molecular weight is 431 g/mol. The zero-order valence-electron chi connectivity index (χ0n) is 16.6. The maximum atomic E-state index is 11.7. The fraction of sp³-hybridized carbons (Fsp3) is 0.273. The molecule has 5 nitrogen and oxygen atoms in total. The summed E-state index contributed by atoms with van der Waals surface area (Å²) in [6.07, 6.45) is 0. The number of aliphatic hydroxyl groups is 1. The molecular formula is C22H23ClN2O3S. The number of aliphatic hydroxyl groups excluding tert-OH is 1. The first-order valence-corrected chi connectivity index (χ1v) is 10.4. The summed E-state index contributed by atoms with van der Waals surface area (Å²) in [4.78, 5) is 17.4. The number of aromatic nitrogens is 2. The fourth-order valence-corrected chi connectivity index (χ4v) is 4.44. The maximum Gasteiger partial charge on any atom is 0.337 e. The number of ether oxygens (including phenoxy) is 1. The zero-order valence-corrected chi connectivity index (χ0v) is 18.1. The van der Waals surface area contributed by atoms with Gasteiger partial charge in [0.15, 0.2) is 0 Å². The Hall–Kier alpha value is -2.28. The van der Waals surface area contributed by atoms with E-state index in [-0.39, 0.29) is 18.5 Å². The molecule has 3 aromatic rings. The van der Waals surface area contributed by atoms with Gasteiger partial charge < -0.3 is 14.4 Å². The monoisotopic (exact) mass is 430 g/mol. The van der Waals surface area contributed by atoms with E-state index < -0.39 is 0 Å². The van der Waals surface area contributed by atoms with E-state index in [0.29, 0.717) is 23.0 Å². The summed E-state index contributed by atoms with van der Waals surface area (Å²) in [6, 6.07) is 14.9. The molecule has 1 N–H and O–H groups in total. The Labute approximate surface area is 179 Å². The van der Waals surface area contributed by atoms with Gasteiger partial charge in [0.1, 0.15) is 17.5 Å². The first-order chi connectivity index (χ1) is 13.9. The Morgan fingerprint density at radius 2 is 1.97 bits per heavy atom. The van der Waals surface area contributed by atoms with Crippen LogP contribution in [0.1, 0.15) is 47.2 Å². The standard InChI is InChI=1S/C22H23ClN2O3S/c1-14(2)20-21(29-18-6-4-5-17(23)11-18)25(19(13-26)24-20)12-15-7-9-16(10-8-15)22(27)28-3/h4-11,14,26H,12-13H2,1-3H3. The number of esters is 1. The molecule has 2 aromatic carbocycles. The minimum Gasteiger partial charge on any atom is -0.465 e. The number of halogens is 1. The second kappa shape index (κ2) is 9.48. The van der Waals surface area contributed by atoms with Crippen molar-refractivity contribution >= 4 is 29.3 Å². The van der Waals surface area contributed by atoms with E-state index in [0.717, 1.165) is 21.2 Å². The Balaban J connectivity index is 1.99. The van der Waals surface area contributed by atoms with Gasteiger partial charge in [0.25, 0.3) is 0 Å². The molecular weight excluding hydrogens is 408 g/mol. The smallest absolute Gasteiger partial charge is 0.337 e. The van der Waals surface area contributed by atoms with Gasteiger partial charge in [-0.05, 0) is 41.8 Å². The molecule has 0 aliphatic rings. The number of imidazole rings is 1. The van der Waals surface area contributed by atoms with Gasteiger partial charge in [0, 0.05) is 16.5 Å². The first-order valence-electron chi connectivity index (χ1n) is 9.23. The molecule has 0 saturated heterocycles. The molecule has 29 heavy (non-hydrogen) atoms. The summed E-state index contributed by atoms with van der Waals surface area (Å²) in [5.74, 6) is 0.440. The average Bonchev–Trinajstić information content (AvgIpc) is 3.05. The summed E-state index contributed by atoms with van der Waals surface area (Å²) in [5.41, 5.74) is 2.43. The van der Waals surface area contributed by atoms with Crippen molar-refractivity contribution in [2.45, 2.75) is 42.8 Å². The molecule has 0 radical (unpaired) electrons. The summed E-state index contributed by atoms with van der Waals surface area (Å²) in [7, 11) is 1.36. The van der Waals surface area contributed by atoms with E-state index in [2.05, 4.69) is 18.8 Å². The van der Waals surface area contributed by atoms with Crippen LogP contribution in [0.5, 0.6) is 0 Å². The topological polar surface area (TPSA) is 64.3 Å². The highest BCUT2D eigenvalue weighted by molar-refractivity contribution is 7.99. The van der Waals surface area contributed by atoms with Gasteiger partial charge in [-0.2, -0.15) is 0 Å². The van der Waals surface area contributed by atoms with E-state index >= 15 is 0 Å². The summed E-state index contributed by atoms with van der Waals surface area (Å²) < 4.78 is 6.78. The van der Waals surface area contributed by atoms with E-state index in [1.807, 2.05) is 41.0 Å². The minimum absolute atomic E-state index is 0.157. The lowest BCUT2D eigenvalue weighted by atomic mass is 10.1. The third-order valence-corrected chi connectivity index (χ3v) is 5.79. The Morgan fingerprint density at radius 3 is 2.55 bits per heavy atom. The van der Waals surface area contributed by atoms with Gasteiger partial charge in [-0.1, -0.05) is 55.4 Å². The van der Waals surface area contributed by atoms with Gasteiger partial charge in [-0.25, -0.2) is 9.78 Å². The maximum absolute atomic E-state index is 11.7. The van der Waals surface area contributed by atoms with E-state index in [4.69, 9.17) is 16.3 Å². The number of carbonyl (C=O) groups is 1. The van der Waals surface area contributed by atoms with Crippen molar-refractivity contribution < 1.29 is 14.6 Å². The molecule has 1 aromatic heterocycles. The predicted molar refractivity (Wildman–Crippen MR) is 115 cm³/mol. The summed E-state index contributed by atoms with van der Waals surface area (Å²) >= 11 is 7.74. The number of methoxy groups -OCH3 is 1. The molecule has 0 fully saturated rings. The number of hydrogen-bond acceptors (Lipinski definition) is 5. The van der Waals surface area contributed by atoms with Crippen LogP contribution in [0.15, 0.2) is 58.5 Å². The van der Waals surface area contributed by atoms with Gasteiger partial charge in [-0.3, -0.25) is 0 Å². The molecule has 0 bridgehead atoms. The van der Waals surface area contributed by atoms with Crippen LogP contribution in [0.2, 0.25) is 5.02 Å².